The van der Waals surface area contributed by atoms with Crippen molar-refractivity contribution in [1.82, 2.24) is 5.32 Å². The highest BCUT2D eigenvalue weighted by atomic mass is 19.1. The van der Waals surface area contributed by atoms with Crippen LogP contribution in [0.5, 0.6) is 0 Å². The van der Waals surface area contributed by atoms with Crippen molar-refractivity contribution in [3.05, 3.63) is 63.3 Å². The van der Waals surface area contributed by atoms with Gasteiger partial charge in [-0.3, -0.25) is 10.1 Å². The van der Waals surface area contributed by atoms with Gasteiger partial charge in [-0.15, -0.1) is 0 Å². The number of nitro groups is 1. The van der Waals surface area contributed by atoms with Gasteiger partial charge in [0, 0.05) is 18.2 Å². The highest BCUT2D eigenvalue weighted by Crippen LogP contribution is 2.20. The van der Waals surface area contributed by atoms with Crippen LogP contribution in [0.2, 0.25) is 0 Å². The van der Waals surface area contributed by atoms with Gasteiger partial charge < -0.3 is 9.73 Å². The van der Waals surface area contributed by atoms with Gasteiger partial charge in [-0.25, -0.2) is 0 Å². The fourth-order valence-electron chi connectivity index (χ4n) is 1.74. The Morgan fingerprint density at radius 3 is 2.74 bits per heavy atom. The first-order valence-corrected chi connectivity index (χ1v) is 5.75. The average molecular weight is 264 g/mol. The van der Waals surface area contributed by atoms with Crippen LogP contribution in [0.4, 0.5) is 10.1 Å². The molecule has 19 heavy (non-hydrogen) atoms. The summed E-state index contributed by atoms with van der Waals surface area (Å²) in [6, 6.07) is 7.80. The molecule has 0 amide bonds. The number of benzene rings is 1. The molecule has 1 heterocycles. The number of rotatable bonds is 5. The number of halogens is 1. The Balaban J connectivity index is 2.00. The lowest BCUT2D eigenvalue weighted by Gasteiger charge is -2.04. The molecule has 0 atom stereocenters. The van der Waals surface area contributed by atoms with Gasteiger partial charge in [-0.1, -0.05) is 12.1 Å². The minimum atomic E-state index is -0.796. The Hall–Kier alpha value is -2.21. The zero-order valence-electron chi connectivity index (χ0n) is 10.4. The molecule has 0 fully saturated rings. The monoisotopic (exact) mass is 264 g/mol. The van der Waals surface area contributed by atoms with E-state index < -0.39 is 16.4 Å². The molecule has 100 valence electrons. The molecule has 0 radical (unpaired) electrons. The normalized spacial score (nSPS) is 10.6. The van der Waals surface area contributed by atoms with Gasteiger partial charge in [0.05, 0.1) is 11.5 Å². The molecule has 2 rings (SSSR count). The number of nitrogens with one attached hydrogen (secondary N) is 1. The van der Waals surface area contributed by atoms with Crippen LogP contribution in [0.1, 0.15) is 17.1 Å². The second kappa shape index (κ2) is 5.62. The third kappa shape index (κ3) is 3.17. The Bertz CT molecular complexity index is 595. The minimum Gasteiger partial charge on any atom is -0.465 e. The molecule has 2 aromatic rings. The summed E-state index contributed by atoms with van der Waals surface area (Å²) < 4.78 is 19.1. The fraction of sp³-hybridized carbons (Fsp3) is 0.231. The molecular formula is C13H13FN2O3. The third-order valence-electron chi connectivity index (χ3n) is 2.67. The van der Waals surface area contributed by atoms with Crippen LogP contribution in [0, 0.1) is 22.9 Å². The molecule has 5 nitrogen and oxygen atoms in total. The van der Waals surface area contributed by atoms with Gasteiger partial charge in [0.15, 0.2) is 0 Å². The lowest BCUT2D eigenvalue weighted by atomic mass is 10.2. The molecule has 0 unspecified atom stereocenters. The molecular weight excluding hydrogens is 251 g/mol. The quantitative estimate of drug-likeness (QED) is 0.666. The van der Waals surface area contributed by atoms with Crippen LogP contribution in [-0.4, -0.2) is 4.92 Å². The number of nitro benzene ring substituents is 1. The first-order valence-electron chi connectivity index (χ1n) is 5.75. The molecule has 1 aromatic carbocycles. The van der Waals surface area contributed by atoms with Crippen molar-refractivity contribution in [3.8, 4) is 0 Å². The maximum atomic E-state index is 13.7. The summed E-state index contributed by atoms with van der Waals surface area (Å²) in [7, 11) is 0. The zero-order valence-corrected chi connectivity index (χ0v) is 10.4. The maximum Gasteiger partial charge on any atom is 0.305 e. The summed E-state index contributed by atoms with van der Waals surface area (Å²) in [4.78, 5) is 9.87. The SMILES string of the molecule is Cc1ccc(CNCc2cccc([N+](=O)[O-])c2F)o1. The van der Waals surface area contributed by atoms with Gasteiger partial charge in [-0.05, 0) is 19.1 Å². The molecule has 1 aromatic heterocycles. The second-order valence-electron chi connectivity index (χ2n) is 4.12. The van der Waals surface area contributed by atoms with Crippen LogP contribution in [0.3, 0.4) is 0 Å². The highest BCUT2D eigenvalue weighted by molar-refractivity contribution is 5.36. The van der Waals surface area contributed by atoms with Crippen molar-refractivity contribution in [2.45, 2.75) is 20.0 Å². The number of nitrogens with zero attached hydrogens (tertiary/aromatic N) is 1. The number of hydrogen-bond acceptors (Lipinski definition) is 4. The van der Waals surface area contributed by atoms with Crippen LogP contribution < -0.4 is 5.32 Å². The van der Waals surface area contributed by atoms with E-state index in [1.165, 1.54) is 12.1 Å². The average Bonchev–Trinajstić information content (AvgIpc) is 2.77. The molecule has 1 N–H and O–H groups in total. The summed E-state index contributed by atoms with van der Waals surface area (Å²) in [6.45, 7) is 2.48. The third-order valence-corrected chi connectivity index (χ3v) is 2.67. The van der Waals surface area contributed by atoms with Gasteiger partial charge in [0.25, 0.3) is 0 Å². The maximum absolute atomic E-state index is 13.7. The summed E-state index contributed by atoms with van der Waals surface area (Å²) in [5, 5.41) is 13.6. The van der Waals surface area contributed by atoms with Gasteiger partial charge in [0.1, 0.15) is 11.5 Å². The van der Waals surface area contributed by atoms with E-state index >= 15 is 0 Å². The van der Waals surface area contributed by atoms with E-state index in [4.69, 9.17) is 4.42 Å². The predicted molar refractivity (Wildman–Crippen MR) is 67.0 cm³/mol. The minimum absolute atomic E-state index is 0.202. The predicted octanol–water partition coefficient (Wildman–Crippen LogP) is 2.93. The van der Waals surface area contributed by atoms with E-state index in [0.717, 1.165) is 17.6 Å². The summed E-state index contributed by atoms with van der Waals surface area (Å²) in [6.07, 6.45) is 0. The first-order chi connectivity index (χ1) is 9.08. The smallest absolute Gasteiger partial charge is 0.305 e. The van der Waals surface area contributed by atoms with Crippen molar-refractivity contribution in [2.75, 3.05) is 0 Å². The highest BCUT2D eigenvalue weighted by Gasteiger charge is 2.16. The van der Waals surface area contributed by atoms with Crippen molar-refractivity contribution < 1.29 is 13.7 Å². The van der Waals surface area contributed by atoms with Crippen molar-refractivity contribution in [1.29, 1.82) is 0 Å². The van der Waals surface area contributed by atoms with E-state index in [2.05, 4.69) is 5.32 Å². The first kappa shape index (κ1) is 13.2. The summed E-state index contributed by atoms with van der Waals surface area (Å²) in [5.41, 5.74) is -0.245. The van der Waals surface area contributed by atoms with Crippen LogP contribution in [0.15, 0.2) is 34.7 Å². The molecule has 0 saturated heterocycles. The number of aryl methyl sites for hydroxylation is 1. The van der Waals surface area contributed by atoms with Crippen molar-refractivity contribution >= 4 is 5.69 Å². The fourth-order valence-corrected chi connectivity index (χ4v) is 1.74. The van der Waals surface area contributed by atoms with E-state index in [1.807, 2.05) is 19.1 Å². The molecule has 0 saturated carbocycles. The molecule has 6 heteroatoms. The van der Waals surface area contributed by atoms with Gasteiger partial charge in [-0.2, -0.15) is 4.39 Å². The van der Waals surface area contributed by atoms with Gasteiger partial charge >= 0.3 is 5.69 Å². The van der Waals surface area contributed by atoms with E-state index in [-0.39, 0.29) is 12.1 Å². The molecule has 0 aliphatic rings. The topological polar surface area (TPSA) is 68.3 Å². The van der Waals surface area contributed by atoms with Crippen molar-refractivity contribution in [3.63, 3.8) is 0 Å². The zero-order chi connectivity index (χ0) is 13.8. The molecule has 0 spiro atoms. The summed E-state index contributed by atoms with van der Waals surface area (Å²) >= 11 is 0. The van der Waals surface area contributed by atoms with Crippen molar-refractivity contribution in [2.24, 2.45) is 0 Å². The van der Waals surface area contributed by atoms with Crippen LogP contribution in [0.25, 0.3) is 0 Å². The Kier molecular flexibility index (Phi) is 3.91. The Morgan fingerprint density at radius 1 is 1.32 bits per heavy atom. The van der Waals surface area contributed by atoms with E-state index in [9.17, 15) is 14.5 Å². The van der Waals surface area contributed by atoms with Crippen LogP contribution in [-0.2, 0) is 13.1 Å². The largest absolute Gasteiger partial charge is 0.465 e. The lowest BCUT2D eigenvalue weighted by Crippen LogP contribution is -2.13. The molecule has 0 aliphatic heterocycles. The standard InChI is InChI=1S/C13H13FN2O3/c1-9-5-6-11(19-9)8-15-7-10-3-2-4-12(13(10)14)16(17)18/h2-6,15H,7-8H2,1H3. The number of furan rings is 1. The Morgan fingerprint density at radius 2 is 2.11 bits per heavy atom. The van der Waals surface area contributed by atoms with Gasteiger partial charge in [0.2, 0.25) is 5.82 Å². The van der Waals surface area contributed by atoms with E-state index in [1.54, 1.807) is 0 Å². The summed E-state index contributed by atoms with van der Waals surface area (Å²) in [5.74, 6) is 0.747. The lowest BCUT2D eigenvalue weighted by molar-refractivity contribution is -0.387. The van der Waals surface area contributed by atoms with E-state index in [0.29, 0.717) is 6.54 Å². The van der Waals surface area contributed by atoms with Crippen LogP contribution >= 0.6 is 0 Å². The second-order valence-corrected chi connectivity index (χ2v) is 4.12. The Labute approximate surface area is 109 Å². The molecule has 0 aliphatic carbocycles. The number of hydrogen-bond donors (Lipinski definition) is 1. The molecule has 0 bridgehead atoms.